The van der Waals surface area contributed by atoms with E-state index in [9.17, 15) is 0 Å². The maximum Gasteiger partial charge on any atom is 0.0562 e. The second-order valence-electron chi connectivity index (χ2n) is 6.05. The number of anilines is 1. The van der Waals surface area contributed by atoms with Gasteiger partial charge in [0.05, 0.1) is 5.02 Å². The highest BCUT2D eigenvalue weighted by atomic mass is 35.5. The van der Waals surface area contributed by atoms with Crippen LogP contribution in [-0.4, -0.2) is 0 Å². The Bertz CT molecular complexity index is 979. The predicted octanol–water partition coefficient (Wildman–Crippen LogP) is 6.57. The van der Waals surface area contributed by atoms with Gasteiger partial charge in [-0.15, -0.1) is 0 Å². The van der Waals surface area contributed by atoms with Crippen molar-refractivity contribution in [2.45, 2.75) is 13.5 Å². The van der Waals surface area contributed by atoms with Gasteiger partial charge in [0.15, 0.2) is 0 Å². The maximum atomic E-state index is 6.67. The molecular weight excluding hydrogens is 314 g/mol. The van der Waals surface area contributed by atoms with Crippen LogP contribution in [0, 0.1) is 6.92 Å². The first-order valence-corrected chi connectivity index (χ1v) is 8.51. The standard InChI is InChI=1S/C22H18ClN/c1-15-8-2-7-13-21(15)24-14-20-16-9-3-5-11-18(16)22(23)19-12-6-4-10-17(19)20/h2-13,24H,14H2,1H3. The van der Waals surface area contributed by atoms with Crippen LogP contribution < -0.4 is 5.32 Å². The van der Waals surface area contributed by atoms with Gasteiger partial charge >= 0.3 is 0 Å². The molecule has 0 aromatic heterocycles. The Hall–Kier alpha value is -2.51. The zero-order valence-electron chi connectivity index (χ0n) is 13.5. The lowest BCUT2D eigenvalue weighted by Crippen LogP contribution is -2.02. The number of aryl methyl sites for hydroxylation is 1. The molecule has 0 atom stereocenters. The van der Waals surface area contributed by atoms with Crippen molar-refractivity contribution in [3.8, 4) is 0 Å². The molecule has 24 heavy (non-hydrogen) atoms. The molecule has 0 unspecified atom stereocenters. The summed E-state index contributed by atoms with van der Waals surface area (Å²) in [5, 5.41) is 9.07. The zero-order valence-corrected chi connectivity index (χ0v) is 14.3. The van der Waals surface area contributed by atoms with E-state index in [4.69, 9.17) is 11.6 Å². The summed E-state index contributed by atoms with van der Waals surface area (Å²) in [6.45, 7) is 2.89. The molecule has 0 fully saturated rings. The average molecular weight is 332 g/mol. The van der Waals surface area contributed by atoms with Crippen LogP contribution in [0.1, 0.15) is 11.1 Å². The average Bonchev–Trinajstić information content (AvgIpc) is 2.63. The van der Waals surface area contributed by atoms with Gasteiger partial charge in [-0.3, -0.25) is 0 Å². The molecule has 0 saturated heterocycles. The number of hydrogen-bond donors (Lipinski definition) is 1. The molecule has 4 aromatic rings. The van der Waals surface area contributed by atoms with Gasteiger partial charge in [0, 0.05) is 23.0 Å². The Labute approximate surface area is 146 Å². The van der Waals surface area contributed by atoms with Gasteiger partial charge in [0.1, 0.15) is 0 Å². The molecule has 0 bridgehead atoms. The fourth-order valence-corrected chi connectivity index (χ4v) is 3.64. The quantitative estimate of drug-likeness (QED) is 0.419. The summed E-state index contributed by atoms with van der Waals surface area (Å²) in [7, 11) is 0. The van der Waals surface area contributed by atoms with Gasteiger partial charge in [0.25, 0.3) is 0 Å². The van der Waals surface area contributed by atoms with E-state index >= 15 is 0 Å². The molecule has 0 heterocycles. The highest BCUT2D eigenvalue weighted by Crippen LogP contribution is 2.36. The van der Waals surface area contributed by atoms with Gasteiger partial charge in [-0.25, -0.2) is 0 Å². The first-order chi connectivity index (χ1) is 11.8. The third-order valence-corrected chi connectivity index (χ3v) is 4.99. The van der Waals surface area contributed by atoms with Gasteiger partial charge in [-0.05, 0) is 34.9 Å². The summed E-state index contributed by atoms with van der Waals surface area (Å²) in [4.78, 5) is 0. The molecule has 2 heteroatoms. The van der Waals surface area contributed by atoms with Crippen LogP contribution in [0.5, 0.6) is 0 Å². The first kappa shape index (κ1) is 15.0. The molecule has 0 amide bonds. The zero-order chi connectivity index (χ0) is 16.5. The molecular formula is C22H18ClN. The summed E-state index contributed by atoms with van der Waals surface area (Å²) in [5.41, 5.74) is 3.70. The van der Waals surface area contributed by atoms with Crippen molar-refractivity contribution >= 4 is 38.8 Å². The monoisotopic (exact) mass is 331 g/mol. The van der Waals surface area contributed by atoms with Crippen LogP contribution >= 0.6 is 11.6 Å². The first-order valence-electron chi connectivity index (χ1n) is 8.13. The Kier molecular flexibility index (Phi) is 3.87. The number of para-hydroxylation sites is 1. The molecule has 4 aromatic carbocycles. The summed E-state index contributed by atoms with van der Waals surface area (Å²) in [5.74, 6) is 0. The molecule has 118 valence electrons. The number of rotatable bonds is 3. The molecule has 0 saturated carbocycles. The van der Waals surface area contributed by atoms with Crippen molar-refractivity contribution in [1.29, 1.82) is 0 Å². The van der Waals surface area contributed by atoms with Crippen molar-refractivity contribution in [2.24, 2.45) is 0 Å². The minimum atomic E-state index is 0.767. The van der Waals surface area contributed by atoms with E-state index in [0.29, 0.717) is 0 Å². The van der Waals surface area contributed by atoms with E-state index in [-0.39, 0.29) is 0 Å². The van der Waals surface area contributed by atoms with Crippen LogP contribution in [0.4, 0.5) is 5.69 Å². The van der Waals surface area contributed by atoms with E-state index in [1.54, 1.807) is 0 Å². The predicted molar refractivity (Wildman–Crippen MR) is 105 cm³/mol. The van der Waals surface area contributed by atoms with Gasteiger partial charge in [-0.1, -0.05) is 78.3 Å². The molecule has 1 N–H and O–H groups in total. The van der Waals surface area contributed by atoms with Crippen LogP contribution in [0.25, 0.3) is 21.5 Å². The molecule has 0 aliphatic carbocycles. The van der Waals surface area contributed by atoms with Crippen molar-refractivity contribution in [1.82, 2.24) is 0 Å². The molecule has 0 aliphatic heterocycles. The topological polar surface area (TPSA) is 12.0 Å². The van der Waals surface area contributed by atoms with Gasteiger partial charge in [-0.2, -0.15) is 0 Å². The SMILES string of the molecule is Cc1ccccc1NCc1c2ccccc2c(Cl)c2ccccc12. The Morgan fingerprint density at radius 3 is 1.79 bits per heavy atom. The highest BCUT2D eigenvalue weighted by Gasteiger charge is 2.12. The Morgan fingerprint density at radius 2 is 1.21 bits per heavy atom. The molecule has 0 spiro atoms. The van der Waals surface area contributed by atoms with Crippen LogP contribution in [0.15, 0.2) is 72.8 Å². The number of nitrogens with one attached hydrogen (secondary N) is 1. The highest BCUT2D eigenvalue weighted by molar-refractivity contribution is 6.41. The fraction of sp³-hybridized carbons (Fsp3) is 0.0909. The van der Waals surface area contributed by atoms with Crippen LogP contribution in [0.3, 0.4) is 0 Å². The normalized spacial score (nSPS) is 11.1. The lowest BCUT2D eigenvalue weighted by atomic mass is 9.96. The van der Waals surface area contributed by atoms with Crippen molar-refractivity contribution in [3.63, 3.8) is 0 Å². The smallest absolute Gasteiger partial charge is 0.0562 e. The Balaban J connectivity index is 1.89. The van der Waals surface area contributed by atoms with E-state index in [1.807, 2.05) is 12.1 Å². The van der Waals surface area contributed by atoms with Crippen molar-refractivity contribution in [3.05, 3.63) is 88.9 Å². The van der Waals surface area contributed by atoms with Crippen molar-refractivity contribution < 1.29 is 0 Å². The number of hydrogen-bond acceptors (Lipinski definition) is 1. The minimum absolute atomic E-state index is 0.767. The summed E-state index contributed by atoms with van der Waals surface area (Å²) in [6, 6.07) is 25.1. The second kappa shape index (κ2) is 6.18. The van der Waals surface area contributed by atoms with Gasteiger partial charge in [0.2, 0.25) is 0 Å². The molecule has 1 nitrogen and oxygen atoms in total. The Morgan fingerprint density at radius 1 is 0.708 bits per heavy atom. The second-order valence-corrected chi connectivity index (χ2v) is 6.43. The third-order valence-electron chi connectivity index (χ3n) is 4.58. The lowest BCUT2D eigenvalue weighted by Gasteiger charge is -2.16. The van der Waals surface area contributed by atoms with Gasteiger partial charge < -0.3 is 5.32 Å². The largest absolute Gasteiger partial charge is 0.381 e. The third kappa shape index (κ3) is 2.51. The summed E-state index contributed by atoms with van der Waals surface area (Å²) in [6.07, 6.45) is 0. The molecule has 0 radical (unpaired) electrons. The van der Waals surface area contributed by atoms with Crippen molar-refractivity contribution in [2.75, 3.05) is 5.32 Å². The lowest BCUT2D eigenvalue weighted by molar-refractivity contribution is 1.17. The number of benzene rings is 4. The molecule has 4 rings (SSSR count). The van der Waals surface area contributed by atoms with E-state index in [0.717, 1.165) is 22.3 Å². The minimum Gasteiger partial charge on any atom is -0.381 e. The summed E-state index contributed by atoms with van der Waals surface area (Å²) >= 11 is 6.67. The van der Waals surface area contributed by atoms with Crippen LogP contribution in [0.2, 0.25) is 5.02 Å². The van der Waals surface area contributed by atoms with Crippen LogP contribution in [-0.2, 0) is 6.54 Å². The van der Waals surface area contributed by atoms with E-state index in [1.165, 1.54) is 27.6 Å². The maximum absolute atomic E-state index is 6.67. The number of halogens is 1. The van der Waals surface area contributed by atoms with E-state index < -0.39 is 0 Å². The molecule has 0 aliphatic rings. The number of fused-ring (bicyclic) bond motifs is 2. The fourth-order valence-electron chi connectivity index (χ4n) is 3.31. The summed E-state index contributed by atoms with van der Waals surface area (Å²) < 4.78 is 0. The van der Waals surface area contributed by atoms with E-state index in [2.05, 4.69) is 72.9 Å².